The first-order valence-electron chi connectivity index (χ1n) is 9.21. The van der Waals surface area contributed by atoms with Crippen LogP contribution in [-0.2, 0) is 9.53 Å². The summed E-state index contributed by atoms with van der Waals surface area (Å²) in [5.74, 6) is 0.207. The monoisotopic (exact) mass is 361 g/mol. The summed E-state index contributed by atoms with van der Waals surface area (Å²) in [5.41, 5.74) is 4.10. The largest absolute Gasteiger partial charge is 0.515 e. The molecule has 0 radical (unpaired) electrons. The maximum Gasteiger partial charge on any atom is 0.327 e. The Bertz CT molecular complexity index is 873. The summed E-state index contributed by atoms with van der Waals surface area (Å²) in [6, 6.07) is 19.5. The molecule has 4 heteroatoms. The van der Waals surface area contributed by atoms with Crippen molar-refractivity contribution in [3.63, 3.8) is 0 Å². The first-order chi connectivity index (χ1) is 13.2. The minimum absolute atomic E-state index is 0.182. The Hall–Kier alpha value is -2.85. The van der Waals surface area contributed by atoms with Gasteiger partial charge in [0.1, 0.15) is 6.04 Å². The second kappa shape index (κ2) is 7.41. The summed E-state index contributed by atoms with van der Waals surface area (Å²) < 4.78 is 5.08. The minimum atomic E-state index is -0.421. The number of methoxy groups -OCH3 is 1. The number of nitrogens with zero attached hydrogens (tertiary/aromatic N) is 1. The third-order valence-electron chi connectivity index (χ3n) is 5.61. The van der Waals surface area contributed by atoms with Gasteiger partial charge in [-0.1, -0.05) is 66.7 Å². The van der Waals surface area contributed by atoms with E-state index in [9.17, 15) is 9.90 Å². The molecule has 2 aromatic rings. The second-order valence-corrected chi connectivity index (χ2v) is 7.09. The number of esters is 1. The van der Waals surface area contributed by atoms with Gasteiger partial charge in [-0.25, -0.2) is 4.79 Å². The number of benzene rings is 2. The van der Waals surface area contributed by atoms with Gasteiger partial charge in [-0.15, -0.1) is 0 Å². The Morgan fingerprint density at radius 2 is 1.78 bits per heavy atom. The van der Waals surface area contributed by atoms with Crippen LogP contribution in [0, 0.1) is 11.8 Å². The van der Waals surface area contributed by atoms with Crippen LogP contribution in [0.25, 0.3) is 5.57 Å². The van der Waals surface area contributed by atoms with Crippen LogP contribution in [0.2, 0.25) is 0 Å². The topological polar surface area (TPSA) is 49.8 Å². The number of hydrogen-bond donors (Lipinski definition) is 1. The fourth-order valence-electron chi connectivity index (χ4n) is 4.37. The lowest BCUT2D eigenvalue weighted by Gasteiger charge is -2.26. The summed E-state index contributed by atoms with van der Waals surface area (Å²) >= 11 is 0. The van der Waals surface area contributed by atoms with Gasteiger partial charge in [0.05, 0.1) is 13.4 Å². The van der Waals surface area contributed by atoms with Crippen LogP contribution in [0.3, 0.4) is 0 Å². The molecule has 3 atom stereocenters. The molecular weight excluding hydrogens is 338 g/mol. The molecule has 4 rings (SSSR count). The molecule has 1 aliphatic heterocycles. The standard InChI is InChI=1S/C23H23NO3/c1-27-23(26)22(17-10-6-3-7-11-17)24-13-18-12-19(16-8-4-2-5-9-16)21(15-25)20(18)14-24/h2-12,15,18,20,22,25H,13-14H2,1H3. The van der Waals surface area contributed by atoms with Gasteiger partial charge in [0.15, 0.2) is 0 Å². The third kappa shape index (κ3) is 3.17. The number of likely N-dealkylation sites (tertiary alicyclic amines) is 1. The predicted molar refractivity (Wildman–Crippen MR) is 105 cm³/mol. The molecule has 1 aliphatic carbocycles. The van der Waals surface area contributed by atoms with Crippen molar-refractivity contribution in [3.8, 4) is 0 Å². The first kappa shape index (κ1) is 17.6. The van der Waals surface area contributed by atoms with Crippen molar-refractivity contribution in [1.82, 2.24) is 4.90 Å². The molecule has 27 heavy (non-hydrogen) atoms. The van der Waals surface area contributed by atoms with E-state index in [0.29, 0.717) is 6.54 Å². The normalized spacial score (nSPS) is 24.5. The van der Waals surface area contributed by atoms with E-state index in [1.165, 1.54) is 13.4 Å². The summed E-state index contributed by atoms with van der Waals surface area (Å²) in [7, 11) is 1.43. The minimum Gasteiger partial charge on any atom is -0.515 e. The zero-order valence-corrected chi connectivity index (χ0v) is 15.3. The molecule has 138 valence electrons. The molecular formula is C23H23NO3. The van der Waals surface area contributed by atoms with Gasteiger partial charge in [0.2, 0.25) is 0 Å². The molecule has 0 saturated carbocycles. The number of carbonyl (C=O) groups excluding carboxylic acids is 1. The SMILES string of the molecule is COC(=O)C(c1ccccc1)N1CC2C=C(c3ccccc3)C(=CO)C2C1. The molecule has 2 aliphatic rings. The van der Waals surface area contributed by atoms with Gasteiger partial charge in [-0.3, -0.25) is 4.90 Å². The summed E-state index contributed by atoms with van der Waals surface area (Å²) in [4.78, 5) is 14.7. The van der Waals surface area contributed by atoms with Gasteiger partial charge < -0.3 is 9.84 Å². The number of carbonyl (C=O) groups is 1. The maximum atomic E-state index is 12.5. The molecule has 1 heterocycles. The number of fused-ring (bicyclic) bond motifs is 1. The Kier molecular flexibility index (Phi) is 4.82. The summed E-state index contributed by atoms with van der Waals surface area (Å²) in [6.45, 7) is 1.46. The highest BCUT2D eigenvalue weighted by molar-refractivity contribution is 5.83. The average Bonchev–Trinajstić information content (AvgIpc) is 3.27. The highest BCUT2D eigenvalue weighted by Gasteiger charge is 2.44. The zero-order valence-electron chi connectivity index (χ0n) is 15.3. The molecule has 0 amide bonds. The van der Waals surface area contributed by atoms with E-state index in [2.05, 4.69) is 23.1 Å². The Labute approximate surface area is 159 Å². The smallest absolute Gasteiger partial charge is 0.327 e. The van der Waals surface area contributed by atoms with E-state index in [-0.39, 0.29) is 17.8 Å². The lowest BCUT2D eigenvalue weighted by molar-refractivity contribution is -0.147. The fraction of sp³-hybridized carbons (Fsp3) is 0.261. The van der Waals surface area contributed by atoms with Crippen LogP contribution >= 0.6 is 0 Å². The average molecular weight is 361 g/mol. The van der Waals surface area contributed by atoms with Gasteiger partial charge in [0, 0.05) is 19.0 Å². The van der Waals surface area contributed by atoms with Crippen molar-refractivity contribution in [2.75, 3.05) is 20.2 Å². The summed E-state index contributed by atoms with van der Waals surface area (Å²) in [5, 5.41) is 9.93. The number of aliphatic hydroxyl groups is 1. The van der Waals surface area contributed by atoms with E-state index in [1.807, 2.05) is 48.5 Å². The van der Waals surface area contributed by atoms with E-state index in [4.69, 9.17) is 4.74 Å². The lowest BCUT2D eigenvalue weighted by Crippen LogP contribution is -2.34. The highest BCUT2D eigenvalue weighted by atomic mass is 16.5. The van der Waals surface area contributed by atoms with Gasteiger partial charge in [-0.05, 0) is 28.2 Å². The highest BCUT2D eigenvalue weighted by Crippen LogP contribution is 2.46. The van der Waals surface area contributed by atoms with Crippen molar-refractivity contribution in [1.29, 1.82) is 0 Å². The molecule has 1 fully saturated rings. The second-order valence-electron chi connectivity index (χ2n) is 7.09. The van der Waals surface area contributed by atoms with Crippen LogP contribution < -0.4 is 0 Å². The lowest BCUT2D eigenvalue weighted by atomic mass is 9.93. The number of allylic oxidation sites excluding steroid dienone is 1. The van der Waals surface area contributed by atoms with Crippen molar-refractivity contribution in [3.05, 3.63) is 89.7 Å². The van der Waals surface area contributed by atoms with Gasteiger partial charge in [0.25, 0.3) is 0 Å². The third-order valence-corrected chi connectivity index (χ3v) is 5.61. The Morgan fingerprint density at radius 3 is 2.41 bits per heavy atom. The van der Waals surface area contributed by atoms with E-state index >= 15 is 0 Å². The van der Waals surface area contributed by atoms with Crippen molar-refractivity contribution < 1.29 is 14.6 Å². The van der Waals surface area contributed by atoms with Crippen molar-refractivity contribution >= 4 is 11.5 Å². The quantitative estimate of drug-likeness (QED) is 0.661. The molecule has 1 N–H and O–H groups in total. The number of rotatable bonds is 4. The Balaban J connectivity index is 1.63. The predicted octanol–water partition coefficient (Wildman–Crippen LogP) is 3.99. The zero-order chi connectivity index (χ0) is 18.8. The molecule has 0 bridgehead atoms. The maximum absolute atomic E-state index is 12.5. The number of ether oxygens (including phenoxy) is 1. The van der Waals surface area contributed by atoms with Crippen LogP contribution in [0.1, 0.15) is 17.2 Å². The number of aliphatic hydroxyl groups excluding tert-OH is 1. The van der Waals surface area contributed by atoms with Crippen LogP contribution in [0.5, 0.6) is 0 Å². The van der Waals surface area contributed by atoms with Crippen molar-refractivity contribution in [2.24, 2.45) is 11.8 Å². The first-order valence-corrected chi connectivity index (χ1v) is 9.21. The van der Waals surface area contributed by atoms with E-state index in [0.717, 1.165) is 28.8 Å². The molecule has 4 nitrogen and oxygen atoms in total. The van der Waals surface area contributed by atoms with E-state index in [1.54, 1.807) is 0 Å². The van der Waals surface area contributed by atoms with Crippen LogP contribution in [-0.4, -0.2) is 36.2 Å². The number of hydrogen-bond acceptors (Lipinski definition) is 4. The molecule has 3 unspecified atom stereocenters. The van der Waals surface area contributed by atoms with Crippen molar-refractivity contribution in [2.45, 2.75) is 6.04 Å². The molecule has 0 aromatic heterocycles. The van der Waals surface area contributed by atoms with Gasteiger partial charge >= 0.3 is 5.97 Å². The molecule has 2 aromatic carbocycles. The summed E-state index contributed by atoms with van der Waals surface area (Å²) in [6.07, 6.45) is 3.48. The fourth-order valence-corrected chi connectivity index (χ4v) is 4.37. The molecule has 1 saturated heterocycles. The van der Waals surface area contributed by atoms with E-state index < -0.39 is 6.04 Å². The van der Waals surface area contributed by atoms with Crippen LogP contribution in [0.4, 0.5) is 0 Å². The van der Waals surface area contributed by atoms with Gasteiger partial charge in [-0.2, -0.15) is 0 Å². The molecule has 0 spiro atoms. The van der Waals surface area contributed by atoms with Crippen LogP contribution in [0.15, 0.2) is 78.6 Å². The Morgan fingerprint density at radius 1 is 1.11 bits per heavy atom.